The van der Waals surface area contributed by atoms with Crippen molar-refractivity contribution in [2.75, 3.05) is 64.6 Å². The van der Waals surface area contributed by atoms with Crippen molar-refractivity contribution in [3.63, 3.8) is 0 Å². The van der Waals surface area contributed by atoms with Gasteiger partial charge in [-0.1, -0.05) is 103 Å². The summed E-state index contributed by atoms with van der Waals surface area (Å²) in [6.07, 6.45) is 27.4. The van der Waals surface area contributed by atoms with Gasteiger partial charge in [-0.15, -0.1) is 0 Å². The normalized spacial score (nSPS) is 16.0. The molecule has 1 saturated heterocycles. The summed E-state index contributed by atoms with van der Waals surface area (Å²) in [7, 11) is 1.26. The Hall–Kier alpha value is -1.09. The molecule has 0 saturated carbocycles. The molecule has 0 amide bonds. The molecule has 244 valence electrons. The lowest BCUT2D eigenvalue weighted by Gasteiger charge is -2.28. The Morgan fingerprint density at radius 3 is 1.88 bits per heavy atom. The average Bonchev–Trinajstić information content (AvgIpc) is 3.43. The molecule has 0 aromatic carbocycles. The Bertz CT molecular complexity index is 764. The maximum absolute atomic E-state index is 12.8. The van der Waals surface area contributed by atoms with Gasteiger partial charge in [-0.25, -0.2) is 9.97 Å². The van der Waals surface area contributed by atoms with E-state index in [1.54, 1.807) is 18.5 Å². The summed E-state index contributed by atoms with van der Waals surface area (Å²) in [6, 6.07) is 2.07. The van der Waals surface area contributed by atoms with E-state index >= 15 is 0 Å². The Kier molecular flexibility index (Phi) is 22.3. The lowest BCUT2D eigenvalue weighted by Crippen LogP contribution is -2.43. The number of aromatic nitrogens is 2. The molecule has 1 fully saturated rings. The van der Waals surface area contributed by atoms with Crippen LogP contribution in [0.4, 0.5) is 0 Å². The minimum absolute atomic E-state index is 0.310. The van der Waals surface area contributed by atoms with Gasteiger partial charge in [0.2, 0.25) is 0 Å². The van der Waals surface area contributed by atoms with Crippen molar-refractivity contribution >= 4 is 10.8 Å². The summed E-state index contributed by atoms with van der Waals surface area (Å²) in [6.45, 7) is 8.17. The molecule has 2 atom stereocenters. The fraction of sp³-hybridized carbons (Fsp3) is 0.882. The van der Waals surface area contributed by atoms with Crippen LogP contribution in [0.3, 0.4) is 0 Å². The molecule has 1 aromatic heterocycles. The summed E-state index contributed by atoms with van der Waals surface area (Å²) >= 11 is 0. The van der Waals surface area contributed by atoms with Crippen molar-refractivity contribution in [1.82, 2.24) is 9.97 Å². The highest BCUT2D eigenvalue weighted by Gasteiger charge is 2.26. The number of likely N-dealkylation sites (N-methyl/N-ethyl adjacent to an activating group) is 1. The van der Waals surface area contributed by atoms with Gasteiger partial charge < -0.3 is 18.7 Å². The molecule has 0 N–H and O–H groups in total. The molecule has 42 heavy (non-hydrogen) atoms. The maximum Gasteiger partial charge on any atom is 0.316 e. The van der Waals surface area contributed by atoms with E-state index in [1.165, 1.54) is 122 Å². The molecule has 1 aromatic rings. The first-order valence-corrected chi connectivity index (χ1v) is 18.9. The van der Waals surface area contributed by atoms with E-state index in [9.17, 15) is 4.21 Å². The molecule has 8 heteroatoms. The van der Waals surface area contributed by atoms with Crippen LogP contribution in [0.15, 0.2) is 18.5 Å². The van der Waals surface area contributed by atoms with Crippen LogP contribution < -0.4 is 4.74 Å². The lowest BCUT2D eigenvalue weighted by atomic mass is 10.0. The van der Waals surface area contributed by atoms with Gasteiger partial charge in [0, 0.05) is 48.4 Å². The van der Waals surface area contributed by atoms with E-state index in [2.05, 4.69) is 23.9 Å². The zero-order valence-electron chi connectivity index (χ0n) is 27.3. The Balaban J connectivity index is 1.46. The number of quaternary nitrogens is 1. The zero-order chi connectivity index (χ0) is 30.0. The third-order valence-corrected chi connectivity index (χ3v) is 9.87. The Labute approximate surface area is 260 Å². The van der Waals surface area contributed by atoms with E-state index in [4.69, 9.17) is 14.2 Å². The third-order valence-electron chi connectivity index (χ3n) is 8.51. The molecular formula is C34H64N3O4S+. The minimum atomic E-state index is -1.05. The van der Waals surface area contributed by atoms with Gasteiger partial charge in [-0.2, -0.15) is 0 Å². The summed E-state index contributed by atoms with van der Waals surface area (Å²) < 4.78 is 31.6. The smallest absolute Gasteiger partial charge is 0.316 e. The van der Waals surface area contributed by atoms with Gasteiger partial charge in [0.1, 0.15) is 12.6 Å². The minimum Gasteiger partial charge on any atom is -0.457 e. The molecule has 0 spiro atoms. The third kappa shape index (κ3) is 20.0. The van der Waals surface area contributed by atoms with Crippen molar-refractivity contribution in [3.05, 3.63) is 18.5 Å². The summed E-state index contributed by atoms with van der Waals surface area (Å²) in [5.74, 6) is 0.909. The van der Waals surface area contributed by atoms with Crippen molar-refractivity contribution in [2.24, 2.45) is 0 Å². The van der Waals surface area contributed by atoms with Crippen molar-refractivity contribution in [1.29, 1.82) is 0 Å². The standard InChI is InChI=1S/C34H64N3O4S/c1-3-4-5-6-7-8-9-10-11-12-13-14-15-16-17-20-27-40-31-33(41-34-35-22-21-23-36-34)32-42(38)30-29-39-28-26-37(2)24-18-19-25-37/h21-23,33H,3-20,24-32H2,1-2H3/q+1. The molecule has 0 aliphatic carbocycles. The van der Waals surface area contributed by atoms with Gasteiger partial charge >= 0.3 is 6.01 Å². The highest BCUT2D eigenvalue weighted by atomic mass is 32.2. The Morgan fingerprint density at radius 1 is 0.762 bits per heavy atom. The molecule has 0 bridgehead atoms. The van der Waals surface area contributed by atoms with Crippen LogP contribution in [0.25, 0.3) is 0 Å². The number of ether oxygens (including phenoxy) is 3. The predicted molar refractivity (Wildman–Crippen MR) is 176 cm³/mol. The van der Waals surface area contributed by atoms with Gasteiger partial charge in [-0.3, -0.25) is 4.21 Å². The second-order valence-corrected chi connectivity index (χ2v) is 14.2. The van der Waals surface area contributed by atoms with Gasteiger partial charge in [-0.05, 0) is 12.5 Å². The van der Waals surface area contributed by atoms with E-state index in [-0.39, 0.29) is 6.10 Å². The summed E-state index contributed by atoms with van der Waals surface area (Å²) in [5.41, 5.74) is 0. The van der Waals surface area contributed by atoms with Gasteiger partial charge in [0.25, 0.3) is 0 Å². The summed E-state index contributed by atoms with van der Waals surface area (Å²) in [4.78, 5) is 8.34. The first kappa shape index (κ1) is 37.1. The molecule has 2 unspecified atom stereocenters. The number of likely N-dealkylation sites (tertiary alicyclic amines) is 1. The van der Waals surface area contributed by atoms with Crippen LogP contribution in [0.2, 0.25) is 0 Å². The fourth-order valence-corrected chi connectivity index (χ4v) is 6.78. The second-order valence-electron chi connectivity index (χ2n) is 12.6. The molecular weight excluding hydrogens is 546 g/mol. The molecule has 2 rings (SSSR count). The highest BCUT2D eigenvalue weighted by molar-refractivity contribution is 7.85. The van der Waals surface area contributed by atoms with Crippen LogP contribution in [-0.4, -0.2) is 89.4 Å². The highest BCUT2D eigenvalue weighted by Crippen LogP contribution is 2.16. The molecule has 1 aliphatic heterocycles. The largest absolute Gasteiger partial charge is 0.457 e. The predicted octanol–water partition coefficient (Wildman–Crippen LogP) is 7.51. The number of hydrogen-bond acceptors (Lipinski definition) is 6. The number of rotatable bonds is 29. The van der Waals surface area contributed by atoms with Crippen LogP contribution in [-0.2, 0) is 20.3 Å². The monoisotopic (exact) mass is 610 g/mol. The van der Waals surface area contributed by atoms with Gasteiger partial charge in [0.05, 0.1) is 45.7 Å². The zero-order valence-corrected chi connectivity index (χ0v) is 28.1. The van der Waals surface area contributed by atoms with Crippen molar-refractivity contribution < 1.29 is 22.9 Å². The second kappa shape index (κ2) is 25.3. The van der Waals surface area contributed by atoms with Crippen LogP contribution in [0.5, 0.6) is 6.01 Å². The first-order chi connectivity index (χ1) is 20.6. The van der Waals surface area contributed by atoms with E-state index in [0.29, 0.717) is 37.3 Å². The molecule has 2 heterocycles. The number of hydrogen-bond donors (Lipinski definition) is 0. The van der Waals surface area contributed by atoms with E-state index in [1.807, 2.05) is 0 Å². The number of nitrogens with zero attached hydrogens (tertiary/aromatic N) is 3. The Morgan fingerprint density at radius 2 is 1.31 bits per heavy atom. The summed E-state index contributed by atoms with van der Waals surface area (Å²) in [5, 5.41) is 0. The van der Waals surface area contributed by atoms with Crippen LogP contribution in [0.1, 0.15) is 122 Å². The molecule has 0 radical (unpaired) electrons. The van der Waals surface area contributed by atoms with Crippen molar-refractivity contribution in [2.45, 2.75) is 129 Å². The lowest BCUT2D eigenvalue weighted by molar-refractivity contribution is -0.898. The van der Waals surface area contributed by atoms with E-state index < -0.39 is 10.8 Å². The maximum atomic E-state index is 12.8. The van der Waals surface area contributed by atoms with Crippen LogP contribution in [0, 0.1) is 0 Å². The SMILES string of the molecule is CCCCCCCCCCCCCCCCCCOCC(CS(=O)CCOCC[N+]1(C)CCCC1)Oc1ncccn1. The molecule has 7 nitrogen and oxygen atoms in total. The first-order valence-electron chi connectivity index (χ1n) is 17.4. The quantitative estimate of drug-likeness (QED) is 0.0691. The fourth-order valence-electron chi connectivity index (χ4n) is 5.73. The van der Waals surface area contributed by atoms with Crippen LogP contribution >= 0.6 is 0 Å². The van der Waals surface area contributed by atoms with E-state index in [0.717, 1.165) is 24.1 Å². The topological polar surface area (TPSA) is 70.5 Å². The average molecular weight is 611 g/mol. The van der Waals surface area contributed by atoms with Gasteiger partial charge in [0.15, 0.2) is 0 Å². The van der Waals surface area contributed by atoms with Crippen molar-refractivity contribution in [3.8, 4) is 6.01 Å². The molecule has 1 aliphatic rings. The number of unbranched alkanes of at least 4 members (excludes halogenated alkanes) is 15.